The molecule has 1 saturated carbocycles. The van der Waals surface area contributed by atoms with Crippen LogP contribution in [-0.4, -0.2) is 45.5 Å². The van der Waals surface area contributed by atoms with Gasteiger partial charge in [0.1, 0.15) is 11.3 Å². The summed E-state index contributed by atoms with van der Waals surface area (Å²) in [6, 6.07) is 2.89. The van der Waals surface area contributed by atoms with Gasteiger partial charge in [-0.05, 0) is 25.0 Å². The molecule has 4 rings (SSSR count). The molecule has 0 aromatic carbocycles. The van der Waals surface area contributed by atoms with Crippen LogP contribution in [0.2, 0.25) is 0 Å². The van der Waals surface area contributed by atoms with Crippen molar-refractivity contribution in [2.24, 2.45) is 5.41 Å². The molecule has 1 aliphatic carbocycles. The van der Waals surface area contributed by atoms with Crippen LogP contribution in [0.4, 0.5) is 4.39 Å². The smallest absolute Gasteiger partial charge is 0.255 e. The van der Waals surface area contributed by atoms with Crippen molar-refractivity contribution in [1.29, 1.82) is 0 Å². The van der Waals surface area contributed by atoms with Crippen molar-refractivity contribution in [3.63, 3.8) is 0 Å². The minimum absolute atomic E-state index is 0.0163. The summed E-state index contributed by atoms with van der Waals surface area (Å²) in [4.78, 5) is 26.4. The monoisotopic (exact) mass is 344 g/mol. The first kappa shape index (κ1) is 16.1. The van der Waals surface area contributed by atoms with Crippen molar-refractivity contribution in [3.8, 4) is 0 Å². The van der Waals surface area contributed by atoms with Gasteiger partial charge in [-0.1, -0.05) is 13.3 Å². The summed E-state index contributed by atoms with van der Waals surface area (Å²) < 4.78 is 15.5. The quantitative estimate of drug-likeness (QED) is 0.926. The molecule has 1 aliphatic heterocycles. The fourth-order valence-corrected chi connectivity index (χ4v) is 4.26. The molecule has 2 aromatic heterocycles. The molecule has 2 aromatic rings. The Labute approximate surface area is 145 Å². The molecule has 132 valence electrons. The summed E-state index contributed by atoms with van der Waals surface area (Å²) in [5.41, 5.74) is 0.423. The summed E-state index contributed by atoms with van der Waals surface area (Å²) in [5, 5.41) is 7.13. The van der Waals surface area contributed by atoms with Gasteiger partial charge in [0.2, 0.25) is 5.91 Å². The second-order valence-corrected chi connectivity index (χ2v) is 7.09. The van der Waals surface area contributed by atoms with Crippen molar-refractivity contribution >= 4 is 17.3 Å². The highest BCUT2D eigenvalue weighted by Crippen LogP contribution is 2.46. The number of likely N-dealkylation sites (tertiary alicyclic amines) is 1. The van der Waals surface area contributed by atoms with Crippen LogP contribution in [0.3, 0.4) is 0 Å². The Morgan fingerprint density at radius 1 is 1.44 bits per heavy atom. The van der Waals surface area contributed by atoms with E-state index < -0.39 is 5.82 Å². The van der Waals surface area contributed by atoms with Gasteiger partial charge in [-0.15, -0.1) is 0 Å². The lowest BCUT2D eigenvalue weighted by Gasteiger charge is -2.51. The molecule has 1 spiro atoms. The molecule has 25 heavy (non-hydrogen) atoms. The lowest BCUT2D eigenvalue weighted by Crippen LogP contribution is -2.64. The largest absolute Gasteiger partial charge is 0.348 e. The maximum absolute atomic E-state index is 14.1. The van der Waals surface area contributed by atoms with Crippen LogP contribution in [-0.2, 0) is 4.79 Å². The van der Waals surface area contributed by atoms with Crippen LogP contribution >= 0.6 is 0 Å². The number of fused-ring (bicyclic) bond motifs is 1. The van der Waals surface area contributed by atoms with E-state index in [-0.39, 0.29) is 34.4 Å². The second-order valence-electron chi connectivity index (χ2n) is 7.09. The number of aromatic nitrogens is 2. The first-order valence-corrected chi connectivity index (χ1v) is 8.74. The van der Waals surface area contributed by atoms with Gasteiger partial charge in [-0.3, -0.25) is 9.59 Å². The molecular formula is C18H21FN4O2. The SMILES string of the molecule is CCC(=O)N1CC2(CCCC2NC(=O)c2cnn3cccc(F)c23)C1. The van der Waals surface area contributed by atoms with Crippen molar-refractivity contribution in [2.75, 3.05) is 13.1 Å². The average molecular weight is 344 g/mol. The average Bonchev–Trinajstić information content (AvgIpc) is 3.17. The van der Waals surface area contributed by atoms with Gasteiger partial charge < -0.3 is 10.2 Å². The van der Waals surface area contributed by atoms with Crippen LogP contribution in [0.1, 0.15) is 43.0 Å². The predicted molar refractivity (Wildman–Crippen MR) is 89.6 cm³/mol. The Hall–Kier alpha value is -2.44. The van der Waals surface area contributed by atoms with E-state index in [1.807, 2.05) is 11.8 Å². The van der Waals surface area contributed by atoms with Crippen LogP contribution < -0.4 is 5.32 Å². The van der Waals surface area contributed by atoms with Gasteiger partial charge in [0.05, 0.1) is 11.8 Å². The van der Waals surface area contributed by atoms with Crippen LogP contribution in [0.25, 0.3) is 5.52 Å². The molecule has 0 bridgehead atoms. The zero-order valence-corrected chi connectivity index (χ0v) is 14.2. The molecule has 2 amide bonds. The van der Waals surface area contributed by atoms with Gasteiger partial charge >= 0.3 is 0 Å². The van der Waals surface area contributed by atoms with E-state index in [9.17, 15) is 14.0 Å². The summed E-state index contributed by atoms with van der Waals surface area (Å²) in [5.74, 6) is -0.603. The highest BCUT2D eigenvalue weighted by Gasteiger charge is 2.53. The van der Waals surface area contributed by atoms with Gasteiger partial charge in [0.15, 0.2) is 0 Å². The van der Waals surface area contributed by atoms with Crippen LogP contribution in [0.15, 0.2) is 24.5 Å². The van der Waals surface area contributed by atoms with Gasteiger partial charge in [0.25, 0.3) is 5.91 Å². The number of nitrogens with one attached hydrogen (secondary N) is 1. The van der Waals surface area contributed by atoms with Crippen LogP contribution in [0.5, 0.6) is 0 Å². The molecule has 6 nitrogen and oxygen atoms in total. The van der Waals surface area contributed by atoms with Gasteiger partial charge in [0, 0.05) is 37.2 Å². The van der Waals surface area contributed by atoms with Crippen molar-refractivity contribution in [2.45, 2.75) is 38.6 Å². The minimum atomic E-state index is -0.463. The third kappa shape index (κ3) is 2.49. The molecule has 1 atom stereocenters. The Balaban J connectivity index is 1.52. The molecule has 7 heteroatoms. The number of pyridine rings is 1. The number of halogens is 1. The maximum atomic E-state index is 14.1. The lowest BCUT2D eigenvalue weighted by atomic mass is 9.74. The first-order chi connectivity index (χ1) is 12.0. The van der Waals surface area contributed by atoms with Gasteiger partial charge in [-0.2, -0.15) is 5.10 Å². The molecular weight excluding hydrogens is 323 g/mol. The van der Waals surface area contributed by atoms with Crippen molar-refractivity contribution in [3.05, 3.63) is 35.9 Å². The van der Waals surface area contributed by atoms with E-state index >= 15 is 0 Å². The number of carbonyl (C=O) groups excluding carboxylic acids is 2. The minimum Gasteiger partial charge on any atom is -0.348 e. The fourth-order valence-electron chi connectivity index (χ4n) is 4.26. The number of amides is 2. The summed E-state index contributed by atoms with van der Waals surface area (Å²) in [7, 11) is 0. The molecule has 1 N–H and O–H groups in total. The normalized spacial score (nSPS) is 21.5. The first-order valence-electron chi connectivity index (χ1n) is 8.74. The maximum Gasteiger partial charge on any atom is 0.255 e. The van der Waals surface area contributed by atoms with E-state index in [2.05, 4.69) is 10.4 Å². The molecule has 2 fully saturated rings. The number of hydrogen-bond acceptors (Lipinski definition) is 3. The van der Waals surface area contributed by atoms with E-state index in [1.54, 1.807) is 12.3 Å². The predicted octanol–water partition coefficient (Wildman–Crippen LogP) is 1.99. The number of rotatable bonds is 3. The lowest BCUT2D eigenvalue weighted by molar-refractivity contribution is -0.143. The van der Waals surface area contributed by atoms with Crippen molar-refractivity contribution in [1.82, 2.24) is 19.8 Å². The summed E-state index contributed by atoms with van der Waals surface area (Å²) in [6.07, 6.45) is 6.46. The van der Waals surface area contributed by atoms with Gasteiger partial charge in [-0.25, -0.2) is 8.91 Å². The number of carbonyl (C=O) groups is 2. The molecule has 1 unspecified atom stereocenters. The highest BCUT2D eigenvalue weighted by molar-refractivity contribution is 6.01. The van der Waals surface area contributed by atoms with E-state index in [1.165, 1.54) is 16.8 Å². The fraction of sp³-hybridized carbons (Fsp3) is 0.500. The second kappa shape index (κ2) is 5.82. The Morgan fingerprint density at radius 2 is 2.24 bits per heavy atom. The number of hydrogen-bond donors (Lipinski definition) is 1. The molecule has 1 saturated heterocycles. The van der Waals surface area contributed by atoms with E-state index in [4.69, 9.17) is 0 Å². The molecule has 0 radical (unpaired) electrons. The Bertz CT molecular complexity index is 841. The zero-order chi connectivity index (χ0) is 17.6. The highest BCUT2D eigenvalue weighted by atomic mass is 19.1. The molecule has 3 heterocycles. The van der Waals surface area contributed by atoms with Crippen LogP contribution in [0, 0.1) is 11.2 Å². The van der Waals surface area contributed by atoms with E-state index in [0.717, 1.165) is 19.3 Å². The third-order valence-corrected chi connectivity index (χ3v) is 5.61. The third-order valence-electron chi connectivity index (χ3n) is 5.61. The molecule has 2 aliphatic rings. The zero-order valence-electron chi connectivity index (χ0n) is 14.2. The number of nitrogens with zero attached hydrogens (tertiary/aromatic N) is 3. The Kier molecular flexibility index (Phi) is 3.74. The summed E-state index contributed by atoms with van der Waals surface area (Å²) in [6.45, 7) is 3.27. The Morgan fingerprint density at radius 3 is 3.00 bits per heavy atom. The van der Waals surface area contributed by atoms with Crippen molar-refractivity contribution < 1.29 is 14.0 Å². The summed E-state index contributed by atoms with van der Waals surface area (Å²) >= 11 is 0. The standard InChI is InChI=1S/C18H21FN4O2/c1-2-15(24)22-10-18(11-22)7-3-6-14(18)21-17(25)12-9-20-23-8-4-5-13(19)16(12)23/h4-5,8-9,14H,2-3,6-7,10-11H2,1H3,(H,21,25). The topological polar surface area (TPSA) is 66.7 Å². The van der Waals surface area contributed by atoms with E-state index in [0.29, 0.717) is 19.5 Å².